The van der Waals surface area contributed by atoms with Gasteiger partial charge in [-0.05, 0) is 55.7 Å². The minimum atomic E-state index is -0.657. The number of nitrogens with one attached hydrogen (secondary N) is 1. The molecule has 2 bridgehead atoms. The number of benzene rings is 1. The van der Waals surface area contributed by atoms with Crippen LogP contribution in [-0.2, 0) is 11.3 Å². The second-order valence-corrected chi connectivity index (χ2v) is 9.51. The van der Waals surface area contributed by atoms with E-state index < -0.39 is 17.7 Å². The Labute approximate surface area is 196 Å². The molecule has 1 saturated carbocycles. The smallest absolute Gasteiger partial charge is 0.242 e. The fourth-order valence-corrected chi connectivity index (χ4v) is 5.64. The third-order valence-electron chi connectivity index (χ3n) is 7.16. The summed E-state index contributed by atoms with van der Waals surface area (Å²) < 4.78 is 35.5. The minimum absolute atomic E-state index is 0.275. The zero-order chi connectivity index (χ0) is 23.2. The topological polar surface area (TPSA) is 81.0 Å². The molecule has 1 saturated heterocycles. The van der Waals surface area contributed by atoms with E-state index in [-0.39, 0.29) is 6.04 Å². The Balaban J connectivity index is 1.22. The Kier molecular flexibility index (Phi) is 5.40. The van der Waals surface area contributed by atoms with Gasteiger partial charge >= 0.3 is 0 Å². The maximum absolute atomic E-state index is 13.9. The molecule has 10 heteroatoms. The highest BCUT2D eigenvalue weighted by molar-refractivity contribution is 5.42. The highest BCUT2D eigenvalue weighted by Crippen LogP contribution is 2.40. The van der Waals surface area contributed by atoms with Crippen molar-refractivity contribution >= 4 is 11.8 Å². The van der Waals surface area contributed by atoms with Crippen molar-refractivity contribution in [3.8, 4) is 0 Å². The SMILES string of the molecule is Cc1cc(N2CC3CC[C@@H](C2)C3Nc2nc3n(n2)CCCO[C@@H]3c2cc(F)cc(F)c2)ncn1. The number of anilines is 2. The molecule has 4 heterocycles. The fourth-order valence-electron chi connectivity index (χ4n) is 5.64. The summed E-state index contributed by atoms with van der Waals surface area (Å²) in [7, 11) is 0. The largest absolute Gasteiger partial charge is 0.365 e. The first-order valence-electron chi connectivity index (χ1n) is 11.9. The lowest BCUT2D eigenvalue weighted by atomic mass is 9.92. The first kappa shape index (κ1) is 21.4. The summed E-state index contributed by atoms with van der Waals surface area (Å²) in [5, 5.41) is 8.30. The molecule has 2 aliphatic heterocycles. The van der Waals surface area contributed by atoms with E-state index in [4.69, 9.17) is 14.8 Å². The van der Waals surface area contributed by atoms with Crippen molar-refractivity contribution in [2.24, 2.45) is 11.8 Å². The van der Waals surface area contributed by atoms with Crippen LogP contribution in [0.2, 0.25) is 0 Å². The number of hydrogen-bond acceptors (Lipinski definition) is 7. The highest BCUT2D eigenvalue weighted by Gasteiger charge is 2.43. The molecule has 6 rings (SSSR count). The Hall–Kier alpha value is -3.14. The van der Waals surface area contributed by atoms with E-state index in [1.165, 1.54) is 12.1 Å². The van der Waals surface area contributed by atoms with Gasteiger partial charge in [-0.3, -0.25) is 0 Å². The van der Waals surface area contributed by atoms with Crippen molar-refractivity contribution in [2.75, 3.05) is 29.9 Å². The zero-order valence-electron chi connectivity index (χ0n) is 19.0. The van der Waals surface area contributed by atoms with E-state index >= 15 is 0 Å². The predicted molar refractivity (Wildman–Crippen MR) is 121 cm³/mol. The molecule has 0 amide bonds. The molecule has 2 aromatic heterocycles. The molecule has 1 aliphatic carbocycles. The van der Waals surface area contributed by atoms with Gasteiger partial charge in [0, 0.05) is 50.1 Å². The normalized spacial score (nSPS) is 26.3. The van der Waals surface area contributed by atoms with Crippen molar-refractivity contribution in [2.45, 2.75) is 44.9 Å². The summed E-state index contributed by atoms with van der Waals surface area (Å²) in [4.78, 5) is 15.8. The summed E-state index contributed by atoms with van der Waals surface area (Å²) in [6.45, 7) is 4.95. The standard InChI is InChI=1S/C24H27F2N7O/c1-14-7-20(28-13-27-14)32-11-15-3-4-16(12-32)21(15)29-24-30-23-22(34-6-2-5-33(23)31-24)17-8-18(25)10-19(26)9-17/h7-10,13,15-16,21-22H,2-6,11-12H2,1H3,(H,29,31)/t15-,16?,21?,22+/m0/s1. The molecule has 1 aromatic carbocycles. The van der Waals surface area contributed by atoms with Crippen LogP contribution < -0.4 is 10.2 Å². The number of nitrogens with zero attached hydrogens (tertiary/aromatic N) is 6. The number of hydrogen-bond donors (Lipinski definition) is 1. The molecule has 3 aromatic rings. The van der Waals surface area contributed by atoms with Crippen LogP contribution in [0.3, 0.4) is 0 Å². The van der Waals surface area contributed by atoms with E-state index in [1.807, 2.05) is 17.7 Å². The number of piperidine rings is 1. The van der Waals surface area contributed by atoms with E-state index in [2.05, 4.69) is 20.2 Å². The van der Waals surface area contributed by atoms with Gasteiger partial charge in [0.25, 0.3) is 0 Å². The van der Waals surface area contributed by atoms with E-state index in [0.717, 1.165) is 49.9 Å². The van der Waals surface area contributed by atoms with Crippen LogP contribution in [0.15, 0.2) is 30.6 Å². The van der Waals surface area contributed by atoms with Crippen molar-refractivity contribution in [1.29, 1.82) is 0 Å². The van der Waals surface area contributed by atoms with Gasteiger partial charge in [-0.1, -0.05) is 0 Å². The number of fused-ring (bicyclic) bond motifs is 3. The van der Waals surface area contributed by atoms with Crippen LogP contribution >= 0.6 is 0 Å². The zero-order valence-corrected chi connectivity index (χ0v) is 19.0. The van der Waals surface area contributed by atoms with Gasteiger partial charge in [0.1, 0.15) is 29.9 Å². The molecule has 4 atom stereocenters. The first-order valence-corrected chi connectivity index (χ1v) is 11.9. The molecular weight excluding hydrogens is 440 g/mol. The van der Waals surface area contributed by atoms with Gasteiger partial charge in [0.05, 0.1) is 0 Å². The Morgan fingerprint density at radius 1 is 1.03 bits per heavy atom. The molecule has 1 N–H and O–H groups in total. The second-order valence-electron chi connectivity index (χ2n) is 9.51. The first-order chi connectivity index (χ1) is 16.5. The number of ether oxygens (including phenoxy) is 1. The van der Waals surface area contributed by atoms with Crippen LogP contribution in [0.1, 0.15) is 42.4 Å². The number of aromatic nitrogens is 5. The van der Waals surface area contributed by atoms with Crippen LogP contribution in [-0.4, -0.2) is 50.5 Å². The molecule has 3 aliphatic rings. The van der Waals surface area contributed by atoms with E-state index in [0.29, 0.717) is 42.3 Å². The summed E-state index contributed by atoms with van der Waals surface area (Å²) in [5.74, 6) is 1.77. The van der Waals surface area contributed by atoms with Crippen molar-refractivity contribution in [1.82, 2.24) is 24.7 Å². The molecule has 0 radical (unpaired) electrons. The second kappa shape index (κ2) is 8.57. The Bertz CT molecular complexity index is 1170. The van der Waals surface area contributed by atoms with Gasteiger partial charge in [0.2, 0.25) is 5.95 Å². The highest BCUT2D eigenvalue weighted by atomic mass is 19.1. The van der Waals surface area contributed by atoms with Gasteiger partial charge in [-0.25, -0.2) is 23.4 Å². The van der Waals surface area contributed by atoms with Crippen molar-refractivity contribution in [3.63, 3.8) is 0 Å². The number of halogens is 2. The van der Waals surface area contributed by atoms with Gasteiger partial charge in [0.15, 0.2) is 5.82 Å². The number of rotatable bonds is 4. The summed E-state index contributed by atoms with van der Waals surface area (Å²) in [6.07, 6.45) is 4.01. The van der Waals surface area contributed by atoms with Crippen LogP contribution in [0, 0.1) is 30.4 Å². The molecule has 178 valence electrons. The van der Waals surface area contributed by atoms with Crippen molar-refractivity contribution in [3.05, 3.63) is 59.3 Å². The maximum Gasteiger partial charge on any atom is 0.242 e. The average Bonchev–Trinajstić information content (AvgIpc) is 3.20. The van der Waals surface area contributed by atoms with E-state index in [1.54, 1.807) is 6.33 Å². The third kappa shape index (κ3) is 4.00. The molecule has 34 heavy (non-hydrogen) atoms. The van der Waals surface area contributed by atoms with Gasteiger partial charge in [-0.2, -0.15) is 4.98 Å². The number of aryl methyl sites for hydroxylation is 2. The van der Waals surface area contributed by atoms with Gasteiger partial charge in [-0.15, -0.1) is 5.10 Å². The molecule has 2 unspecified atom stereocenters. The average molecular weight is 468 g/mol. The van der Waals surface area contributed by atoms with Gasteiger partial charge < -0.3 is 15.0 Å². The third-order valence-corrected chi connectivity index (χ3v) is 7.16. The molecule has 2 fully saturated rings. The molecule has 0 spiro atoms. The quantitative estimate of drug-likeness (QED) is 0.629. The fraction of sp³-hybridized carbons (Fsp3) is 0.500. The Morgan fingerprint density at radius 3 is 2.53 bits per heavy atom. The maximum atomic E-state index is 13.9. The summed E-state index contributed by atoms with van der Waals surface area (Å²) in [6, 6.07) is 5.78. The van der Waals surface area contributed by atoms with Crippen LogP contribution in [0.5, 0.6) is 0 Å². The van der Waals surface area contributed by atoms with Crippen LogP contribution in [0.4, 0.5) is 20.5 Å². The Morgan fingerprint density at radius 2 is 1.79 bits per heavy atom. The lowest BCUT2D eigenvalue weighted by Gasteiger charge is -2.38. The van der Waals surface area contributed by atoms with Crippen molar-refractivity contribution < 1.29 is 13.5 Å². The summed E-state index contributed by atoms with van der Waals surface area (Å²) >= 11 is 0. The lowest BCUT2D eigenvalue weighted by Crippen LogP contribution is -2.48. The van der Waals surface area contributed by atoms with E-state index in [9.17, 15) is 8.78 Å². The minimum Gasteiger partial charge on any atom is -0.365 e. The monoisotopic (exact) mass is 467 g/mol. The molecular formula is C24H27F2N7O. The lowest BCUT2D eigenvalue weighted by molar-refractivity contribution is 0.0808. The summed E-state index contributed by atoms with van der Waals surface area (Å²) in [5.41, 5.74) is 1.38. The molecule has 8 nitrogen and oxygen atoms in total. The van der Waals surface area contributed by atoms with Crippen LogP contribution in [0.25, 0.3) is 0 Å². The predicted octanol–water partition coefficient (Wildman–Crippen LogP) is 3.49.